The summed E-state index contributed by atoms with van der Waals surface area (Å²) in [5.74, 6) is 1.32. The van der Waals surface area contributed by atoms with Gasteiger partial charge in [-0.05, 0) is 30.4 Å². The van der Waals surface area contributed by atoms with Crippen LogP contribution in [-0.2, 0) is 9.59 Å². The van der Waals surface area contributed by atoms with Crippen molar-refractivity contribution in [3.63, 3.8) is 0 Å². The molecule has 0 bridgehead atoms. The Bertz CT molecular complexity index is 722. The lowest BCUT2D eigenvalue weighted by Crippen LogP contribution is -2.52. The third-order valence-electron chi connectivity index (χ3n) is 5.93. The summed E-state index contributed by atoms with van der Waals surface area (Å²) in [7, 11) is 0. The molecule has 30 heavy (non-hydrogen) atoms. The zero-order chi connectivity index (χ0) is 21.7. The summed E-state index contributed by atoms with van der Waals surface area (Å²) >= 11 is 12.2. The Morgan fingerprint density at radius 3 is 2.17 bits per heavy atom. The largest absolute Gasteiger partial charge is 0.341 e. The SMILES string of the molecule is CC1CC(C)CN(C(=O)CN2CCN(CCC(=O)Nc3c(Cl)cccc3Cl)CC2)C1. The molecule has 2 unspecified atom stereocenters. The molecule has 1 N–H and O–H groups in total. The summed E-state index contributed by atoms with van der Waals surface area (Å²) in [5.41, 5.74) is 0.468. The average Bonchev–Trinajstić information content (AvgIpc) is 2.69. The number of rotatable bonds is 6. The van der Waals surface area contributed by atoms with Gasteiger partial charge in [-0.1, -0.05) is 43.1 Å². The van der Waals surface area contributed by atoms with Gasteiger partial charge in [0.05, 0.1) is 22.3 Å². The first-order valence-electron chi connectivity index (χ1n) is 10.8. The molecule has 2 saturated heterocycles. The Balaban J connectivity index is 1.37. The van der Waals surface area contributed by atoms with Crippen LogP contribution in [0.2, 0.25) is 10.0 Å². The quantitative estimate of drug-likeness (QED) is 0.714. The molecule has 166 valence electrons. The molecule has 0 saturated carbocycles. The van der Waals surface area contributed by atoms with E-state index in [0.717, 1.165) is 39.3 Å². The zero-order valence-corrected chi connectivity index (χ0v) is 19.4. The van der Waals surface area contributed by atoms with Crippen molar-refractivity contribution < 1.29 is 9.59 Å². The fourth-order valence-electron chi connectivity index (χ4n) is 4.41. The summed E-state index contributed by atoms with van der Waals surface area (Å²) in [4.78, 5) is 31.5. The Labute approximate surface area is 189 Å². The van der Waals surface area contributed by atoms with Crippen LogP contribution in [0.15, 0.2) is 18.2 Å². The molecule has 1 aromatic carbocycles. The van der Waals surface area contributed by atoms with Crippen molar-refractivity contribution in [1.82, 2.24) is 14.7 Å². The van der Waals surface area contributed by atoms with Gasteiger partial charge in [0, 0.05) is 52.2 Å². The second-order valence-corrected chi connectivity index (χ2v) is 9.57. The number of piperazine rings is 1. The van der Waals surface area contributed by atoms with Crippen LogP contribution in [0.5, 0.6) is 0 Å². The van der Waals surface area contributed by atoms with E-state index in [1.54, 1.807) is 18.2 Å². The molecule has 0 spiro atoms. The lowest BCUT2D eigenvalue weighted by Gasteiger charge is -2.38. The molecule has 2 amide bonds. The zero-order valence-electron chi connectivity index (χ0n) is 17.9. The normalized spacial score (nSPS) is 23.4. The highest BCUT2D eigenvalue weighted by Gasteiger charge is 2.27. The highest BCUT2D eigenvalue weighted by atomic mass is 35.5. The molecule has 8 heteroatoms. The Hall–Kier alpha value is -1.34. The van der Waals surface area contributed by atoms with Gasteiger partial charge >= 0.3 is 0 Å². The van der Waals surface area contributed by atoms with E-state index in [1.165, 1.54) is 6.42 Å². The van der Waals surface area contributed by atoms with Crippen LogP contribution in [0.1, 0.15) is 26.7 Å². The van der Waals surface area contributed by atoms with Crippen molar-refractivity contribution in [3.05, 3.63) is 28.2 Å². The van der Waals surface area contributed by atoms with E-state index in [2.05, 4.69) is 29.0 Å². The number of halogens is 2. The maximum Gasteiger partial charge on any atom is 0.236 e. The summed E-state index contributed by atoms with van der Waals surface area (Å²) in [6.45, 7) is 10.8. The van der Waals surface area contributed by atoms with Gasteiger partial charge < -0.3 is 15.1 Å². The number of hydrogen-bond donors (Lipinski definition) is 1. The van der Waals surface area contributed by atoms with Crippen molar-refractivity contribution in [2.75, 3.05) is 57.7 Å². The molecule has 0 aliphatic carbocycles. The minimum Gasteiger partial charge on any atom is -0.341 e. The number of hydrogen-bond acceptors (Lipinski definition) is 4. The number of carbonyl (C=O) groups excluding carboxylic acids is 2. The number of para-hydroxylation sites is 1. The van der Waals surface area contributed by atoms with Crippen LogP contribution >= 0.6 is 23.2 Å². The third-order valence-corrected chi connectivity index (χ3v) is 6.56. The van der Waals surface area contributed by atoms with Crippen molar-refractivity contribution >= 4 is 40.7 Å². The first-order valence-corrected chi connectivity index (χ1v) is 11.5. The van der Waals surface area contributed by atoms with Crippen molar-refractivity contribution in [2.45, 2.75) is 26.7 Å². The number of piperidine rings is 1. The van der Waals surface area contributed by atoms with Crippen LogP contribution in [0.25, 0.3) is 0 Å². The van der Waals surface area contributed by atoms with E-state index in [-0.39, 0.29) is 11.8 Å². The van der Waals surface area contributed by atoms with Crippen LogP contribution in [0.4, 0.5) is 5.69 Å². The molecule has 3 rings (SSSR count). The third kappa shape index (κ3) is 6.58. The molecular formula is C22H32Cl2N4O2. The van der Waals surface area contributed by atoms with Gasteiger partial charge in [-0.2, -0.15) is 0 Å². The number of nitrogens with zero attached hydrogens (tertiary/aromatic N) is 3. The van der Waals surface area contributed by atoms with Crippen molar-refractivity contribution in [3.8, 4) is 0 Å². The number of benzene rings is 1. The number of anilines is 1. The molecule has 2 aliphatic heterocycles. The Morgan fingerprint density at radius 2 is 1.57 bits per heavy atom. The first-order chi connectivity index (χ1) is 14.3. The predicted octanol–water partition coefficient (Wildman–Crippen LogP) is 3.44. The van der Waals surface area contributed by atoms with Gasteiger partial charge in [-0.25, -0.2) is 0 Å². The van der Waals surface area contributed by atoms with E-state index in [0.29, 0.717) is 47.1 Å². The van der Waals surface area contributed by atoms with E-state index in [9.17, 15) is 9.59 Å². The number of amides is 2. The molecule has 6 nitrogen and oxygen atoms in total. The fraction of sp³-hybridized carbons (Fsp3) is 0.636. The topological polar surface area (TPSA) is 55.9 Å². The minimum absolute atomic E-state index is 0.101. The van der Waals surface area contributed by atoms with E-state index in [1.807, 2.05) is 4.90 Å². The van der Waals surface area contributed by atoms with Crippen LogP contribution < -0.4 is 5.32 Å². The van der Waals surface area contributed by atoms with Gasteiger partial charge in [0.25, 0.3) is 0 Å². The lowest BCUT2D eigenvalue weighted by atomic mass is 9.92. The van der Waals surface area contributed by atoms with Crippen LogP contribution in [0, 0.1) is 11.8 Å². The first kappa shape index (κ1) is 23.3. The van der Waals surface area contributed by atoms with Crippen LogP contribution in [0.3, 0.4) is 0 Å². The Kier molecular flexibility index (Phi) is 8.40. The predicted molar refractivity (Wildman–Crippen MR) is 122 cm³/mol. The van der Waals surface area contributed by atoms with Crippen molar-refractivity contribution in [2.24, 2.45) is 11.8 Å². The second-order valence-electron chi connectivity index (χ2n) is 8.76. The lowest BCUT2D eigenvalue weighted by molar-refractivity contribution is -0.135. The van der Waals surface area contributed by atoms with E-state index in [4.69, 9.17) is 23.2 Å². The van der Waals surface area contributed by atoms with Gasteiger partial charge in [0.2, 0.25) is 11.8 Å². The molecule has 0 radical (unpaired) electrons. The highest BCUT2D eigenvalue weighted by Crippen LogP contribution is 2.29. The monoisotopic (exact) mass is 454 g/mol. The second kappa shape index (κ2) is 10.8. The Morgan fingerprint density at radius 1 is 1.00 bits per heavy atom. The molecule has 1 aromatic rings. The molecule has 2 atom stereocenters. The average molecular weight is 455 g/mol. The fourth-order valence-corrected chi connectivity index (χ4v) is 4.90. The maximum atomic E-state index is 12.7. The van der Waals surface area contributed by atoms with Gasteiger partial charge in [-0.15, -0.1) is 0 Å². The summed E-state index contributed by atoms with van der Waals surface area (Å²) in [5, 5.41) is 3.68. The van der Waals surface area contributed by atoms with Crippen LogP contribution in [-0.4, -0.2) is 78.9 Å². The van der Waals surface area contributed by atoms with E-state index >= 15 is 0 Å². The number of likely N-dealkylation sites (tertiary alicyclic amines) is 1. The minimum atomic E-state index is -0.101. The van der Waals surface area contributed by atoms with Gasteiger partial charge in [0.1, 0.15) is 0 Å². The molecule has 2 fully saturated rings. The highest BCUT2D eigenvalue weighted by molar-refractivity contribution is 6.39. The smallest absolute Gasteiger partial charge is 0.236 e. The van der Waals surface area contributed by atoms with Gasteiger partial charge in [0.15, 0.2) is 0 Å². The maximum absolute atomic E-state index is 12.7. The number of carbonyl (C=O) groups is 2. The van der Waals surface area contributed by atoms with Crippen molar-refractivity contribution in [1.29, 1.82) is 0 Å². The summed E-state index contributed by atoms with van der Waals surface area (Å²) in [6, 6.07) is 5.15. The molecule has 2 aliphatic rings. The molecular weight excluding hydrogens is 423 g/mol. The summed E-state index contributed by atoms with van der Waals surface area (Å²) in [6.07, 6.45) is 1.59. The number of nitrogens with one attached hydrogen (secondary N) is 1. The standard InChI is InChI=1S/C22H32Cl2N4O2/c1-16-12-17(2)14-28(13-16)21(30)15-27-10-8-26(9-11-27)7-6-20(29)25-22-18(23)4-3-5-19(22)24/h3-5,16-17H,6-15H2,1-2H3,(H,25,29). The van der Waals surface area contributed by atoms with Gasteiger partial charge in [-0.3, -0.25) is 14.5 Å². The summed E-state index contributed by atoms with van der Waals surface area (Å²) < 4.78 is 0. The molecule has 2 heterocycles. The molecule has 0 aromatic heterocycles. The van der Waals surface area contributed by atoms with E-state index < -0.39 is 0 Å².